The minimum atomic E-state index is -0.313. The molecule has 0 atom stereocenters. The number of hydrazone groups is 1. The first-order valence-corrected chi connectivity index (χ1v) is 11.3. The van der Waals surface area contributed by atoms with Gasteiger partial charge < -0.3 is 14.2 Å². The molecular weight excluding hydrogens is 543 g/mol. The predicted octanol–water partition coefficient (Wildman–Crippen LogP) is 5.69. The first-order chi connectivity index (χ1) is 15.5. The van der Waals surface area contributed by atoms with Gasteiger partial charge in [-0.1, -0.05) is 23.7 Å². The van der Waals surface area contributed by atoms with Crippen LogP contribution in [0.2, 0.25) is 5.02 Å². The van der Waals surface area contributed by atoms with Crippen LogP contribution < -0.4 is 19.6 Å². The van der Waals surface area contributed by atoms with E-state index in [0.717, 1.165) is 14.7 Å². The lowest BCUT2D eigenvalue weighted by molar-refractivity contribution is 0.0955. The van der Waals surface area contributed by atoms with Crippen LogP contribution in [-0.2, 0) is 6.61 Å². The van der Waals surface area contributed by atoms with E-state index in [1.807, 2.05) is 43.3 Å². The fraction of sp³-hybridized carbons (Fsp3) is 0.167. The third-order valence-corrected chi connectivity index (χ3v) is 5.41. The molecule has 0 radical (unpaired) electrons. The molecule has 0 fully saturated rings. The van der Waals surface area contributed by atoms with Crippen LogP contribution in [0.1, 0.15) is 28.4 Å². The van der Waals surface area contributed by atoms with Crippen LogP contribution in [0.4, 0.5) is 0 Å². The first-order valence-electron chi connectivity index (χ1n) is 9.81. The van der Waals surface area contributed by atoms with Gasteiger partial charge in [-0.05, 0) is 89.2 Å². The highest BCUT2D eigenvalue weighted by atomic mass is 127. The van der Waals surface area contributed by atoms with Crippen LogP contribution in [0, 0.1) is 3.57 Å². The number of nitrogens with zero attached hydrogens (tertiary/aromatic N) is 1. The van der Waals surface area contributed by atoms with Gasteiger partial charge >= 0.3 is 0 Å². The van der Waals surface area contributed by atoms with Crippen LogP contribution in [0.25, 0.3) is 0 Å². The van der Waals surface area contributed by atoms with E-state index in [4.69, 9.17) is 25.8 Å². The molecule has 3 aromatic rings. The number of nitrogens with one attached hydrogen (secondary N) is 1. The van der Waals surface area contributed by atoms with Crippen molar-refractivity contribution >= 4 is 46.3 Å². The van der Waals surface area contributed by atoms with Crippen molar-refractivity contribution in [2.45, 2.75) is 13.5 Å². The van der Waals surface area contributed by atoms with Crippen molar-refractivity contribution in [3.05, 3.63) is 85.9 Å². The number of hydrogen-bond acceptors (Lipinski definition) is 5. The Bertz CT molecular complexity index is 1090. The van der Waals surface area contributed by atoms with Crippen LogP contribution in [0.5, 0.6) is 17.2 Å². The van der Waals surface area contributed by atoms with E-state index >= 15 is 0 Å². The van der Waals surface area contributed by atoms with Gasteiger partial charge in [0.2, 0.25) is 0 Å². The van der Waals surface area contributed by atoms with Crippen LogP contribution in [0.3, 0.4) is 0 Å². The number of methoxy groups -OCH3 is 1. The highest BCUT2D eigenvalue weighted by molar-refractivity contribution is 14.1. The summed E-state index contributed by atoms with van der Waals surface area (Å²) in [6, 6.07) is 18.0. The van der Waals surface area contributed by atoms with Gasteiger partial charge in [-0.25, -0.2) is 5.43 Å². The van der Waals surface area contributed by atoms with E-state index in [1.165, 1.54) is 0 Å². The summed E-state index contributed by atoms with van der Waals surface area (Å²) in [4.78, 5) is 12.2. The Kier molecular flexibility index (Phi) is 8.75. The largest absolute Gasteiger partial charge is 0.497 e. The molecule has 0 saturated heterocycles. The third kappa shape index (κ3) is 6.61. The maximum atomic E-state index is 12.2. The van der Waals surface area contributed by atoms with Gasteiger partial charge in [-0.15, -0.1) is 0 Å². The average molecular weight is 565 g/mol. The molecule has 0 aromatic heterocycles. The molecule has 3 aromatic carbocycles. The molecule has 0 spiro atoms. The molecule has 8 heteroatoms. The predicted molar refractivity (Wildman–Crippen MR) is 134 cm³/mol. The molecule has 32 heavy (non-hydrogen) atoms. The topological polar surface area (TPSA) is 69.2 Å². The van der Waals surface area contributed by atoms with Gasteiger partial charge in [-0.2, -0.15) is 5.10 Å². The molecule has 0 heterocycles. The third-order valence-electron chi connectivity index (χ3n) is 4.36. The van der Waals surface area contributed by atoms with Crippen LogP contribution >= 0.6 is 34.2 Å². The van der Waals surface area contributed by atoms with Crippen molar-refractivity contribution in [3.8, 4) is 17.2 Å². The van der Waals surface area contributed by atoms with Gasteiger partial charge in [-0.3, -0.25) is 4.79 Å². The summed E-state index contributed by atoms with van der Waals surface area (Å²) < 4.78 is 17.8. The summed E-state index contributed by atoms with van der Waals surface area (Å²) in [6.07, 6.45) is 1.56. The number of rotatable bonds is 9. The zero-order chi connectivity index (χ0) is 22.9. The lowest BCUT2D eigenvalue weighted by Gasteiger charge is -2.15. The lowest BCUT2D eigenvalue weighted by atomic mass is 10.2. The molecule has 166 valence electrons. The molecular formula is C24H22ClIN2O4. The SMILES string of the molecule is CCOc1cc(/C=N\NC(=O)c2ccc(OC)cc2)cc(I)c1OCc1ccc(Cl)cc1. The van der Waals surface area contributed by atoms with Gasteiger partial charge in [0.05, 0.1) is 23.5 Å². The normalized spacial score (nSPS) is 10.8. The summed E-state index contributed by atoms with van der Waals surface area (Å²) in [5.74, 6) is 1.63. The molecule has 0 unspecified atom stereocenters. The molecule has 1 amide bonds. The molecule has 0 saturated carbocycles. The van der Waals surface area contributed by atoms with E-state index in [9.17, 15) is 4.79 Å². The van der Waals surface area contributed by atoms with Crippen molar-refractivity contribution in [1.29, 1.82) is 0 Å². The first kappa shape index (κ1) is 23.9. The summed E-state index contributed by atoms with van der Waals surface area (Å²) in [6.45, 7) is 2.78. The second kappa shape index (κ2) is 11.7. The summed E-state index contributed by atoms with van der Waals surface area (Å²) in [5, 5.41) is 4.75. The van der Waals surface area contributed by atoms with Crippen molar-refractivity contribution in [3.63, 3.8) is 0 Å². The summed E-state index contributed by atoms with van der Waals surface area (Å²) in [5.41, 5.74) is 4.78. The zero-order valence-electron chi connectivity index (χ0n) is 17.6. The highest BCUT2D eigenvalue weighted by Crippen LogP contribution is 2.34. The van der Waals surface area contributed by atoms with E-state index in [1.54, 1.807) is 37.6 Å². The number of carbonyl (C=O) groups excluding carboxylic acids is 1. The number of benzene rings is 3. The molecule has 0 aliphatic heterocycles. The minimum Gasteiger partial charge on any atom is -0.497 e. The Morgan fingerprint density at radius 1 is 1.09 bits per heavy atom. The Balaban J connectivity index is 1.69. The van der Waals surface area contributed by atoms with E-state index in [0.29, 0.717) is 41.0 Å². The second-order valence-corrected chi connectivity index (χ2v) is 8.20. The maximum absolute atomic E-state index is 12.2. The van der Waals surface area contributed by atoms with Gasteiger partial charge in [0.15, 0.2) is 11.5 Å². The molecule has 0 aliphatic rings. The van der Waals surface area contributed by atoms with E-state index in [-0.39, 0.29) is 5.91 Å². The average Bonchev–Trinajstić information content (AvgIpc) is 2.80. The molecule has 1 N–H and O–H groups in total. The van der Waals surface area contributed by atoms with Crippen LogP contribution in [0.15, 0.2) is 65.8 Å². The number of amides is 1. The number of hydrogen-bond donors (Lipinski definition) is 1. The van der Waals surface area contributed by atoms with Gasteiger partial charge in [0.1, 0.15) is 12.4 Å². The number of carbonyl (C=O) groups is 1. The maximum Gasteiger partial charge on any atom is 0.271 e. The van der Waals surface area contributed by atoms with Crippen LogP contribution in [-0.4, -0.2) is 25.8 Å². The Labute approximate surface area is 205 Å². The number of ether oxygens (including phenoxy) is 3. The smallest absolute Gasteiger partial charge is 0.271 e. The van der Waals surface area contributed by atoms with Gasteiger partial charge in [0, 0.05) is 10.6 Å². The lowest BCUT2D eigenvalue weighted by Crippen LogP contribution is -2.17. The highest BCUT2D eigenvalue weighted by Gasteiger charge is 2.12. The zero-order valence-corrected chi connectivity index (χ0v) is 20.5. The summed E-state index contributed by atoms with van der Waals surface area (Å²) in [7, 11) is 1.57. The quantitative estimate of drug-likeness (QED) is 0.206. The fourth-order valence-electron chi connectivity index (χ4n) is 2.77. The number of halogens is 2. The second-order valence-electron chi connectivity index (χ2n) is 6.61. The molecule has 3 rings (SSSR count). The van der Waals surface area contributed by atoms with E-state index in [2.05, 4.69) is 33.1 Å². The Morgan fingerprint density at radius 3 is 2.47 bits per heavy atom. The Morgan fingerprint density at radius 2 is 1.81 bits per heavy atom. The van der Waals surface area contributed by atoms with Crippen molar-refractivity contribution in [2.75, 3.05) is 13.7 Å². The minimum absolute atomic E-state index is 0.313. The molecule has 0 aliphatic carbocycles. The van der Waals surface area contributed by atoms with Gasteiger partial charge in [0.25, 0.3) is 5.91 Å². The standard InChI is InChI=1S/C24H22ClIN2O4/c1-3-31-22-13-17(14-27-28-24(29)18-6-10-20(30-2)11-7-18)12-21(26)23(22)32-15-16-4-8-19(25)9-5-16/h4-14H,3,15H2,1-2H3,(H,28,29)/b27-14-. The monoisotopic (exact) mass is 564 g/mol. The van der Waals surface area contributed by atoms with Crippen molar-refractivity contribution in [2.24, 2.45) is 5.10 Å². The van der Waals surface area contributed by atoms with Crippen molar-refractivity contribution in [1.82, 2.24) is 5.43 Å². The molecule has 6 nitrogen and oxygen atoms in total. The van der Waals surface area contributed by atoms with E-state index < -0.39 is 0 Å². The summed E-state index contributed by atoms with van der Waals surface area (Å²) >= 11 is 8.13. The van der Waals surface area contributed by atoms with Crippen molar-refractivity contribution < 1.29 is 19.0 Å². The Hall–Kier alpha value is -2.78. The molecule has 0 bridgehead atoms. The fourth-order valence-corrected chi connectivity index (χ4v) is 3.68.